The molecule has 0 saturated heterocycles. The number of carbonyl (C=O) groups is 1. The van der Waals surface area contributed by atoms with Crippen LogP contribution in [0.15, 0.2) is 6.20 Å². The van der Waals surface area contributed by atoms with E-state index >= 15 is 0 Å². The minimum Gasteiger partial charge on any atom is -0.481 e. The van der Waals surface area contributed by atoms with Gasteiger partial charge < -0.3 is 9.67 Å². The Morgan fingerprint density at radius 2 is 2.43 bits per heavy atom. The maximum absolute atomic E-state index is 10.5. The lowest BCUT2D eigenvalue weighted by Gasteiger charge is -2.25. The van der Waals surface area contributed by atoms with Crippen LogP contribution in [0, 0.1) is 0 Å². The van der Waals surface area contributed by atoms with Crippen LogP contribution in [-0.4, -0.2) is 20.6 Å². The van der Waals surface area contributed by atoms with E-state index in [0.717, 1.165) is 0 Å². The summed E-state index contributed by atoms with van der Waals surface area (Å²) >= 11 is 0. The normalized spacial score (nSPS) is 16.6. The third-order valence-electron chi connectivity index (χ3n) is 2.95. The van der Waals surface area contributed by atoms with E-state index in [-0.39, 0.29) is 6.42 Å². The average molecular weight is 194 g/mol. The summed E-state index contributed by atoms with van der Waals surface area (Å²) in [5.74, 6) is 0.438. The van der Waals surface area contributed by atoms with Crippen molar-refractivity contribution in [2.24, 2.45) is 7.05 Å². The molecule has 1 aromatic heterocycles. The number of carboxylic acids is 1. The fraction of sp³-hybridized carbons (Fsp3) is 0.600. The number of carboxylic acid groups (broad SMARTS) is 1. The molecule has 1 saturated carbocycles. The van der Waals surface area contributed by atoms with E-state index in [1.165, 1.54) is 25.0 Å². The van der Waals surface area contributed by atoms with Crippen LogP contribution in [-0.2, 0) is 18.3 Å². The number of nitrogens with zero attached hydrogens (tertiary/aromatic N) is 2. The number of imidazole rings is 1. The molecule has 0 spiro atoms. The van der Waals surface area contributed by atoms with Crippen LogP contribution >= 0.6 is 0 Å². The maximum Gasteiger partial charge on any atom is 0.311 e. The fourth-order valence-corrected chi connectivity index (χ4v) is 1.85. The molecule has 2 rings (SSSR count). The van der Waals surface area contributed by atoms with E-state index in [4.69, 9.17) is 5.11 Å². The summed E-state index contributed by atoms with van der Waals surface area (Å²) < 4.78 is 1.93. The van der Waals surface area contributed by atoms with Crippen LogP contribution in [0.4, 0.5) is 0 Å². The van der Waals surface area contributed by atoms with Crippen molar-refractivity contribution in [2.75, 3.05) is 0 Å². The van der Waals surface area contributed by atoms with Gasteiger partial charge in [0, 0.05) is 24.9 Å². The maximum atomic E-state index is 10.5. The second-order valence-electron chi connectivity index (χ2n) is 3.86. The predicted molar refractivity (Wildman–Crippen MR) is 51.1 cm³/mol. The van der Waals surface area contributed by atoms with E-state index < -0.39 is 5.97 Å². The second-order valence-corrected chi connectivity index (χ2v) is 3.86. The molecule has 0 aromatic carbocycles. The Hall–Kier alpha value is -1.32. The standard InChI is InChI=1S/C10H14N2O2/c1-12-8(7-3-2-4-7)6-11-9(12)5-10(13)14/h6-7H,2-5H2,1H3,(H,13,14). The minimum absolute atomic E-state index is 0.0171. The zero-order valence-corrected chi connectivity index (χ0v) is 8.23. The van der Waals surface area contributed by atoms with Gasteiger partial charge in [0.1, 0.15) is 12.2 Å². The number of hydrogen-bond acceptors (Lipinski definition) is 2. The number of aromatic nitrogens is 2. The molecule has 1 heterocycles. The highest BCUT2D eigenvalue weighted by atomic mass is 16.4. The zero-order valence-electron chi connectivity index (χ0n) is 8.23. The molecule has 0 radical (unpaired) electrons. The van der Waals surface area contributed by atoms with Crippen molar-refractivity contribution in [3.63, 3.8) is 0 Å². The summed E-state index contributed by atoms with van der Waals surface area (Å²) in [4.78, 5) is 14.7. The molecule has 0 bridgehead atoms. The molecule has 4 heteroatoms. The van der Waals surface area contributed by atoms with E-state index in [1.54, 1.807) is 0 Å². The summed E-state index contributed by atoms with van der Waals surface area (Å²) in [6, 6.07) is 0. The highest BCUT2D eigenvalue weighted by Gasteiger charge is 2.23. The molecule has 1 N–H and O–H groups in total. The van der Waals surface area contributed by atoms with Gasteiger partial charge in [0.15, 0.2) is 0 Å². The Morgan fingerprint density at radius 3 is 2.93 bits per heavy atom. The fourth-order valence-electron chi connectivity index (χ4n) is 1.85. The van der Waals surface area contributed by atoms with Crippen molar-refractivity contribution >= 4 is 5.97 Å². The van der Waals surface area contributed by atoms with Crippen LogP contribution in [0.25, 0.3) is 0 Å². The number of rotatable bonds is 3. The van der Waals surface area contributed by atoms with Gasteiger partial charge >= 0.3 is 5.97 Å². The van der Waals surface area contributed by atoms with Gasteiger partial charge in [0.2, 0.25) is 0 Å². The van der Waals surface area contributed by atoms with Gasteiger partial charge in [-0.1, -0.05) is 6.42 Å². The van der Waals surface area contributed by atoms with Crippen LogP contribution in [0.3, 0.4) is 0 Å². The average Bonchev–Trinajstić information content (AvgIpc) is 2.32. The van der Waals surface area contributed by atoms with Gasteiger partial charge in [-0.15, -0.1) is 0 Å². The molecule has 1 fully saturated rings. The molecule has 4 nitrogen and oxygen atoms in total. The van der Waals surface area contributed by atoms with Gasteiger partial charge in [-0.05, 0) is 12.8 Å². The van der Waals surface area contributed by atoms with Gasteiger partial charge in [-0.25, -0.2) is 4.98 Å². The van der Waals surface area contributed by atoms with Crippen LogP contribution in [0.5, 0.6) is 0 Å². The van der Waals surface area contributed by atoms with Crippen LogP contribution in [0.2, 0.25) is 0 Å². The molecule has 0 unspecified atom stereocenters. The zero-order chi connectivity index (χ0) is 10.1. The molecule has 76 valence electrons. The van der Waals surface area contributed by atoms with E-state index in [1.807, 2.05) is 17.8 Å². The van der Waals surface area contributed by atoms with Crippen LogP contribution in [0.1, 0.15) is 36.7 Å². The first-order valence-electron chi connectivity index (χ1n) is 4.90. The van der Waals surface area contributed by atoms with Crippen LogP contribution < -0.4 is 0 Å². The van der Waals surface area contributed by atoms with E-state index in [9.17, 15) is 4.79 Å². The SMILES string of the molecule is Cn1c(C2CCC2)cnc1CC(=O)O. The highest BCUT2D eigenvalue weighted by molar-refractivity contribution is 5.69. The molecule has 0 aliphatic heterocycles. The first-order valence-corrected chi connectivity index (χ1v) is 4.90. The molecular weight excluding hydrogens is 180 g/mol. The molecular formula is C10H14N2O2. The summed E-state index contributed by atoms with van der Waals surface area (Å²) in [5, 5.41) is 8.66. The highest BCUT2D eigenvalue weighted by Crippen LogP contribution is 2.36. The number of aliphatic carboxylic acids is 1. The Bertz CT molecular complexity index is 353. The van der Waals surface area contributed by atoms with Crippen molar-refractivity contribution in [1.29, 1.82) is 0 Å². The van der Waals surface area contributed by atoms with Crippen molar-refractivity contribution in [3.05, 3.63) is 17.7 Å². The van der Waals surface area contributed by atoms with Gasteiger partial charge in [0.25, 0.3) is 0 Å². The van der Waals surface area contributed by atoms with Gasteiger partial charge in [-0.3, -0.25) is 4.79 Å². The summed E-state index contributed by atoms with van der Waals surface area (Å²) in [5.41, 5.74) is 1.19. The predicted octanol–water partition coefficient (Wildman–Crippen LogP) is 1.31. The van der Waals surface area contributed by atoms with Crippen molar-refractivity contribution in [1.82, 2.24) is 9.55 Å². The van der Waals surface area contributed by atoms with E-state index in [2.05, 4.69) is 4.98 Å². The molecule has 14 heavy (non-hydrogen) atoms. The molecule has 1 aliphatic rings. The topological polar surface area (TPSA) is 55.1 Å². The Morgan fingerprint density at radius 1 is 1.71 bits per heavy atom. The van der Waals surface area contributed by atoms with Crippen molar-refractivity contribution in [2.45, 2.75) is 31.6 Å². The summed E-state index contributed by atoms with van der Waals surface area (Å²) in [7, 11) is 1.90. The lowest BCUT2D eigenvalue weighted by molar-refractivity contribution is -0.136. The lowest BCUT2D eigenvalue weighted by Crippen LogP contribution is -2.14. The molecule has 0 amide bonds. The minimum atomic E-state index is -0.821. The smallest absolute Gasteiger partial charge is 0.311 e. The van der Waals surface area contributed by atoms with Gasteiger partial charge in [0.05, 0.1) is 0 Å². The molecule has 1 aromatic rings. The first kappa shape index (κ1) is 9.24. The largest absolute Gasteiger partial charge is 0.481 e. The summed E-state index contributed by atoms with van der Waals surface area (Å²) in [6.07, 6.45) is 5.55. The Kier molecular flexibility index (Phi) is 2.27. The molecule has 1 aliphatic carbocycles. The third kappa shape index (κ3) is 1.52. The van der Waals surface area contributed by atoms with Gasteiger partial charge in [-0.2, -0.15) is 0 Å². The van der Waals surface area contributed by atoms with Crippen molar-refractivity contribution in [3.8, 4) is 0 Å². The second kappa shape index (κ2) is 3.44. The third-order valence-corrected chi connectivity index (χ3v) is 2.95. The monoisotopic (exact) mass is 194 g/mol. The van der Waals surface area contributed by atoms with Crippen molar-refractivity contribution < 1.29 is 9.90 Å². The van der Waals surface area contributed by atoms with E-state index in [0.29, 0.717) is 11.7 Å². The Balaban J connectivity index is 2.18. The lowest BCUT2D eigenvalue weighted by atomic mass is 9.83. The number of hydrogen-bond donors (Lipinski definition) is 1. The quantitative estimate of drug-likeness (QED) is 0.789. The Labute approximate surface area is 82.6 Å². The first-order chi connectivity index (χ1) is 6.68. The summed E-state index contributed by atoms with van der Waals surface area (Å²) in [6.45, 7) is 0. The molecule has 0 atom stereocenters.